The molecule has 1 aromatic rings. The zero-order chi connectivity index (χ0) is 16.8. The van der Waals surface area contributed by atoms with Gasteiger partial charge >= 0.3 is 0 Å². The van der Waals surface area contributed by atoms with Gasteiger partial charge in [-0.3, -0.25) is 0 Å². The van der Waals surface area contributed by atoms with Gasteiger partial charge in [0.2, 0.25) is 0 Å². The summed E-state index contributed by atoms with van der Waals surface area (Å²) in [6.07, 6.45) is 1.10. The Morgan fingerprint density at radius 3 is 2.92 bits per heavy atom. The van der Waals surface area contributed by atoms with Crippen molar-refractivity contribution in [2.45, 2.75) is 19.4 Å². The van der Waals surface area contributed by atoms with Crippen LogP contribution >= 0.6 is 24.0 Å². The molecule has 7 heteroatoms. The number of benzene rings is 1. The lowest BCUT2D eigenvalue weighted by Gasteiger charge is -2.26. The number of rotatable bonds is 5. The first kappa shape index (κ1) is 20.1. The highest BCUT2D eigenvalue weighted by Gasteiger charge is 2.26. The van der Waals surface area contributed by atoms with E-state index in [9.17, 15) is 0 Å². The maximum absolute atomic E-state index is 5.98. The fraction of sp³-hybridized carbons (Fsp3) is 0.611. The third-order valence-corrected chi connectivity index (χ3v) is 4.33. The van der Waals surface area contributed by atoms with Crippen molar-refractivity contribution >= 4 is 29.9 Å². The largest absolute Gasteiger partial charge is 0.486 e. The monoisotopic (exact) mass is 461 g/mol. The van der Waals surface area contributed by atoms with Crippen LogP contribution in [-0.2, 0) is 4.74 Å². The van der Waals surface area contributed by atoms with E-state index < -0.39 is 0 Å². The molecule has 25 heavy (non-hydrogen) atoms. The number of para-hydroxylation sites is 2. The number of likely N-dealkylation sites (tertiary alicyclic amines) is 1. The molecule has 0 aliphatic carbocycles. The Hall–Kier alpha value is -1.22. The fourth-order valence-electron chi connectivity index (χ4n) is 3.16. The second kappa shape index (κ2) is 10.1. The molecule has 2 aliphatic rings. The Kier molecular flexibility index (Phi) is 8.08. The summed E-state index contributed by atoms with van der Waals surface area (Å²) in [7, 11) is 1.76. The van der Waals surface area contributed by atoms with E-state index in [0.717, 1.165) is 50.1 Å². The van der Waals surface area contributed by atoms with E-state index in [1.165, 1.54) is 0 Å². The van der Waals surface area contributed by atoms with Crippen molar-refractivity contribution in [3.05, 3.63) is 24.3 Å². The number of ether oxygens (including phenoxy) is 3. The Morgan fingerprint density at radius 2 is 2.16 bits per heavy atom. The van der Waals surface area contributed by atoms with Crippen LogP contribution in [0.5, 0.6) is 11.5 Å². The number of hydrogen-bond acceptors (Lipinski definition) is 4. The number of aliphatic imine (C=N–C) groups is 1. The molecule has 140 valence electrons. The average Bonchev–Trinajstić information content (AvgIpc) is 3.07. The molecule has 0 amide bonds. The molecule has 3 rings (SSSR count). The predicted octanol–water partition coefficient (Wildman–Crippen LogP) is 2.38. The second-order valence-corrected chi connectivity index (χ2v) is 6.25. The lowest BCUT2D eigenvalue weighted by atomic mass is 10.1. The minimum atomic E-state index is -0.0501. The topological polar surface area (TPSA) is 55.3 Å². The maximum Gasteiger partial charge on any atom is 0.194 e. The van der Waals surface area contributed by atoms with Gasteiger partial charge in [0.05, 0.1) is 13.2 Å². The first-order chi connectivity index (χ1) is 11.8. The Balaban J connectivity index is 0.00000225. The van der Waals surface area contributed by atoms with Gasteiger partial charge in [0.25, 0.3) is 0 Å². The summed E-state index contributed by atoms with van der Waals surface area (Å²) in [5.41, 5.74) is 0. The Morgan fingerprint density at radius 1 is 1.36 bits per heavy atom. The number of guanidine groups is 1. The van der Waals surface area contributed by atoms with Crippen molar-refractivity contribution < 1.29 is 14.2 Å². The van der Waals surface area contributed by atoms with Crippen LogP contribution in [0.25, 0.3) is 0 Å². The quantitative estimate of drug-likeness (QED) is 0.415. The number of hydrogen-bond donors (Lipinski definition) is 1. The van der Waals surface area contributed by atoms with Gasteiger partial charge < -0.3 is 24.4 Å². The van der Waals surface area contributed by atoms with Gasteiger partial charge in [-0.25, -0.2) is 4.99 Å². The normalized spacial score (nSPS) is 22.5. The van der Waals surface area contributed by atoms with Crippen molar-refractivity contribution in [3.63, 3.8) is 0 Å². The molecule has 2 unspecified atom stereocenters. The van der Waals surface area contributed by atoms with Gasteiger partial charge in [-0.15, -0.1) is 24.0 Å². The van der Waals surface area contributed by atoms with E-state index in [-0.39, 0.29) is 30.1 Å². The highest BCUT2D eigenvalue weighted by atomic mass is 127. The standard InChI is InChI=1S/C18H27N3O3.HI/c1-3-19-18(21-9-8-14(11-21)12-22-2)20-10-15-13-23-16-6-4-5-7-17(16)24-15;/h4-7,14-15H,3,8-13H2,1-2H3,(H,19,20);1H. The lowest BCUT2D eigenvalue weighted by Crippen LogP contribution is -2.41. The summed E-state index contributed by atoms with van der Waals surface area (Å²) in [6, 6.07) is 7.77. The smallest absolute Gasteiger partial charge is 0.194 e. The molecule has 1 fully saturated rings. The van der Waals surface area contributed by atoms with Crippen molar-refractivity contribution in [1.82, 2.24) is 10.2 Å². The third kappa shape index (κ3) is 5.37. The summed E-state index contributed by atoms with van der Waals surface area (Å²) in [6.45, 7) is 6.89. The van der Waals surface area contributed by atoms with Gasteiger partial charge in [-0.05, 0) is 25.5 Å². The zero-order valence-corrected chi connectivity index (χ0v) is 17.3. The van der Waals surface area contributed by atoms with Crippen LogP contribution in [0.2, 0.25) is 0 Å². The highest BCUT2D eigenvalue weighted by Crippen LogP contribution is 2.30. The van der Waals surface area contributed by atoms with E-state index in [1.807, 2.05) is 24.3 Å². The van der Waals surface area contributed by atoms with Crippen LogP contribution in [0, 0.1) is 5.92 Å². The first-order valence-corrected chi connectivity index (χ1v) is 8.70. The number of halogens is 1. The molecule has 1 aromatic carbocycles. The minimum absolute atomic E-state index is 0. The maximum atomic E-state index is 5.98. The summed E-state index contributed by atoms with van der Waals surface area (Å²) in [4.78, 5) is 7.08. The lowest BCUT2D eigenvalue weighted by molar-refractivity contribution is 0.0969. The molecule has 0 spiro atoms. The number of fused-ring (bicyclic) bond motifs is 1. The van der Waals surface area contributed by atoms with Crippen molar-refractivity contribution in [2.24, 2.45) is 10.9 Å². The molecule has 0 aromatic heterocycles. The van der Waals surface area contributed by atoms with Crippen molar-refractivity contribution in [2.75, 3.05) is 46.5 Å². The van der Waals surface area contributed by atoms with Crippen LogP contribution in [0.3, 0.4) is 0 Å². The van der Waals surface area contributed by atoms with Crippen LogP contribution in [0.1, 0.15) is 13.3 Å². The molecule has 2 aliphatic heterocycles. The summed E-state index contributed by atoms with van der Waals surface area (Å²) in [5, 5.41) is 3.38. The van der Waals surface area contributed by atoms with Gasteiger partial charge in [0.15, 0.2) is 23.6 Å². The van der Waals surface area contributed by atoms with Crippen LogP contribution < -0.4 is 14.8 Å². The van der Waals surface area contributed by atoms with Crippen LogP contribution in [0.4, 0.5) is 0 Å². The van der Waals surface area contributed by atoms with Gasteiger partial charge in [-0.2, -0.15) is 0 Å². The summed E-state index contributed by atoms with van der Waals surface area (Å²) in [5.74, 6) is 3.15. The van der Waals surface area contributed by atoms with Gasteiger partial charge in [0.1, 0.15) is 6.61 Å². The number of nitrogens with zero attached hydrogens (tertiary/aromatic N) is 2. The van der Waals surface area contributed by atoms with Crippen molar-refractivity contribution in [1.29, 1.82) is 0 Å². The molecule has 0 bridgehead atoms. The van der Waals surface area contributed by atoms with E-state index >= 15 is 0 Å². The molecule has 0 radical (unpaired) electrons. The van der Waals surface area contributed by atoms with Gasteiger partial charge in [0, 0.05) is 32.7 Å². The third-order valence-electron chi connectivity index (χ3n) is 4.33. The highest BCUT2D eigenvalue weighted by molar-refractivity contribution is 14.0. The predicted molar refractivity (Wildman–Crippen MR) is 109 cm³/mol. The SMILES string of the molecule is CCNC(=NCC1COc2ccccc2O1)N1CCC(COC)C1.I. The average molecular weight is 461 g/mol. The van der Waals surface area contributed by atoms with E-state index in [0.29, 0.717) is 19.1 Å². The summed E-state index contributed by atoms with van der Waals surface area (Å²) < 4.78 is 17.0. The Labute approximate surface area is 166 Å². The Bertz CT molecular complexity index is 570. The molecule has 1 N–H and O–H groups in total. The molecule has 2 heterocycles. The first-order valence-electron chi connectivity index (χ1n) is 8.70. The van der Waals surface area contributed by atoms with E-state index in [4.69, 9.17) is 19.2 Å². The van der Waals surface area contributed by atoms with Crippen LogP contribution in [0.15, 0.2) is 29.3 Å². The van der Waals surface area contributed by atoms with E-state index in [2.05, 4.69) is 17.1 Å². The molecule has 0 saturated carbocycles. The molecule has 2 atom stereocenters. The second-order valence-electron chi connectivity index (χ2n) is 6.25. The molecular formula is C18H28IN3O3. The molecule has 1 saturated heterocycles. The number of nitrogens with one attached hydrogen (secondary N) is 1. The van der Waals surface area contributed by atoms with Crippen molar-refractivity contribution in [3.8, 4) is 11.5 Å². The van der Waals surface area contributed by atoms with E-state index in [1.54, 1.807) is 7.11 Å². The molecule has 6 nitrogen and oxygen atoms in total. The minimum Gasteiger partial charge on any atom is -0.486 e. The molecular weight excluding hydrogens is 433 g/mol. The summed E-state index contributed by atoms with van der Waals surface area (Å²) >= 11 is 0. The van der Waals surface area contributed by atoms with Gasteiger partial charge in [-0.1, -0.05) is 12.1 Å². The number of methoxy groups -OCH3 is 1. The zero-order valence-electron chi connectivity index (χ0n) is 14.9. The fourth-order valence-corrected chi connectivity index (χ4v) is 3.16. The van der Waals surface area contributed by atoms with Crippen LogP contribution in [-0.4, -0.2) is 63.5 Å².